The summed E-state index contributed by atoms with van der Waals surface area (Å²) in [5.41, 5.74) is 2.10. The Labute approximate surface area is 182 Å². The van der Waals surface area contributed by atoms with Gasteiger partial charge in [-0.05, 0) is 25.0 Å². The molecule has 0 unspecified atom stereocenters. The fourth-order valence-electron chi connectivity index (χ4n) is 4.93. The van der Waals surface area contributed by atoms with Crippen molar-refractivity contribution in [2.24, 2.45) is 5.41 Å². The molecular weight excluding hydrogens is 423 g/mol. The summed E-state index contributed by atoms with van der Waals surface area (Å²) in [7, 11) is 0. The smallest absolute Gasteiger partial charge is 0.377 e. The molecule has 0 amide bonds. The predicted octanol–water partition coefficient (Wildman–Crippen LogP) is 2.84. The third-order valence-electron chi connectivity index (χ3n) is 6.78. The minimum absolute atomic E-state index is 0.0484. The molecule has 6 rings (SSSR count). The van der Waals surface area contributed by atoms with Crippen molar-refractivity contribution < 1.29 is 17.9 Å². The van der Waals surface area contributed by atoms with E-state index in [0.717, 1.165) is 55.1 Å². The summed E-state index contributed by atoms with van der Waals surface area (Å²) in [5, 5.41) is 4.42. The highest BCUT2D eigenvalue weighted by Crippen LogP contribution is 2.44. The molecule has 3 aliphatic rings. The number of aromatic nitrogens is 5. The second-order valence-electron chi connectivity index (χ2n) is 9.10. The van der Waals surface area contributed by atoms with Crippen molar-refractivity contribution in [3.63, 3.8) is 0 Å². The lowest BCUT2D eigenvalue weighted by Crippen LogP contribution is -2.58. The SMILES string of the molecule is Cc1cnc(C(F)(F)F)cc1N1CC2(CCN(c3cnc4cnn(C5COC5)c4n3)C2)C1. The van der Waals surface area contributed by atoms with E-state index in [1.165, 1.54) is 12.3 Å². The van der Waals surface area contributed by atoms with E-state index in [9.17, 15) is 13.2 Å². The van der Waals surface area contributed by atoms with Gasteiger partial charge in [-0.2, -0.15) is 18.3 Å². The Balaban J connectivity index is 1.19. The van der Waals surface area contributed by atoms with E-state index < -0.39 is 11.9 Å². The van der Waals surface area contributed by atoms with Gasteiger partial charge in [0.25, 0.3) is 0 Å². The lowest BCUT2D eigenvalue weighted by Gasteiger charge is -2.50. The van der Waals surface area contributed by atoms with Gasteiger partial charge in [0.05, 0.1) is 25.6 Å². The lowest BCUT2D eigenvalue weighted by atomic mass is 9.78. The summed E-state index contributed by atoms with van der Waals surface area (Å²) in [4.78, 5) is 17.2. The average molecular weight is 445 g/mol. The van der Waals surface area contributed by atoms with Crippen LogP contribution >= 0.6 is 0 Å². The first kappa shape index (κ1) is 19.7. The van der Waals surface area contributed by atoms with E-state index >= 15 is 0 Å². The van der Waals surface area contributed by atoms with Crippen LogP contribution in [-0.2, 0) is 10.9 Å². The van der Waals surface area contributed by atoms with E-state index in [-0.39, 0.29) is 11.5 Å². The summed E-state index contributed by atoms with van der Waals surface area (Å²) in [6.07, 6.45) is 1.35. The van der Waals surface area contributed by atoms with Crippen molar-refractivity contribution in [1.82, 2.24) is 24.7 Å². The predicted molar refractivity (Wildman–Crippen MR) is 111 cm³/mol. The molecule has 3 aliphatic heterocycles. The number of fused-ring (bicyclic) bond motifs is 1. The molecule has 3 saturated heterocycles. The second-order valence-corrected chi connectivity index (χ2v) is 9.10. The maximum atomic E-state index is 13.1. The van der Waals surface area contributed by atoms with Gasteiger partial charge >= 0.3 is 6.18 Å². The highest BCUT2D eigenvalue weighted by Gasteiger charge is 2.48. The molecular formula is C21H22F3N7O. The van der Waals surface area contributed by atoms with Gasteiger partial charge in [0.2, 0.25) is 0 Å². The Morgan fingerprint density at radius 3 is 2.56 bits per heavy atom. The fourth-order valence-corrected chi connectivity index (χ4v) is 4.93. The second kappa shape index (κ2) is 6.77. The van der Waals surface area contributed by atoms with Gasteiger partial charge < -0.3 is 14.5 Å². The molecule has 0 N–H and O–H groups in total. The molecule has 6 heterocycles. The number of nitrogens with zero attached hydrogens (tertiary/aromatic N) is 7. The molecule has 3 aromatic heterocycles. The molecule has 0 aromatic carbocycles. The summed E-state index contributed by atoms with van der Waals surface area (Å²) in [6.45, 7) is 6.16. The van der Waals surface area contributed by atoms with Crippen LogP contribution in [0.3, 0.4) is 0 Å². The van der Waals surface area contributed by atoms with Crippen LogP contribution < -0.4 is 9.80 Å². The Hall–Kier alpha value is -2.95. The zero-order chi connectivity index (χ0) is 22.1. The standard InChI is InChI=1S/C21H22F3N7O/c1-13-5-26-17(21(22,23)24)4-16(13)30-11-20(12-30)2-3-29(10-20)18-7-25-15-6-27-31(19(15)28-18)14-8-32-9-14/h4-7,14H,2-3,8-12H2,1H3. The van der Waals surface area contributed by atoms with Crippen molar-refractivity contribution in [2.45, 2.75) is 25.6 Å². The highest BCUT2D eigenvalue weighted by atomic mass is 19.4. The fraction of sp³-hybridized carbons (Fsp3) is 0.524. The van der Waals surface area contributed by atoms with Gasteiger partial charge in [-0.3, -0.25) is 4.98 Å². The van der Waals surface area contributed by atoms with Gasteiger partial charge in [0.1, 0.15) is 23.1 Å². The van der Waals surface area contributed by atoms with Crippen LogP contribution in [0.5, 0.6) is 0 Å². The summed E-state index contributed by atoms with van der Waals surface area (Å²) in [6, 6.07) is 1.37. The first-order chi connectivity index (χ1) is 15.3. The van der Waals surface area contributed by atoms with Crippen LogP contribution in [0, 0.1) is 12.3 Å². The van der Waals surface area contributed by atoms with E-state index in [1.54, 1.807) is 19.3 Å². The van der Waals surface area contributed by atoms with Crippen molar-refractivity contribution in [2.75, 3.05) is 49.2 Å². The molecule has 0 saturated carbocycles. The maximum Gasteiger partial charge on any atom is 0.433 e. The minimum atomic E-state index is -4.44. The summed E-state index contributed by atoms with van der Waals surface area (Å²) < 4.78 is 46.5. The van der Waals surface area contributed by atoms with Gasteiger partial charge in [0.15, 0.2) is 5.65 Å². The molecule has 1 spiro atoms. The number of aryl methyl sites for hydroxylation is 1. The molecule has 168 valence electrons. The minimum Gasteiger partial charge on any atom is -0.377 e. The van der Waals surface area contributed by atoms with Gasteiger partial charge in [0, 0.05) is 43.5 Å². The average Bonchev–Trinajstić information content (AvgIpc) is 3.30. The van der Waals surface area contributed by atoms with Gasteiger partial charge in [-0.15, -0.1) is 0 Å². The zero-order valence-electron chi connectivity index (χ0n) is 17.5. The Kier molecular flexibility index (Phi) is 4.17. The number of pyridine rings is 1. The molecule has 11 heteroatoms. The summed E-state index contributed by atoms with van der Waals surface area (Å²) >= 11 is 0. The van der Waals surface area contributed by atoms with Crippen molar-refractivity contribution in [3.05, 3.63) is 35.9 Å². The maximum absolute atomic E-state index is 13.1. The molecule has 0 atom stereocenters. The highest BCUT2D eigenvalue weighted by molar-refractivity contribution is 5.71. The summed E-state index contributed by atoms with van der Waals surface area (Å²) in [5.74, 6) is 0.814. The number of rotatable bonds is 3. The number of anilines is 2. The molecule has 3 aromatic rings. The van der Waals surface area contributed by atoms with Crippen LogP contribution in [0.1, 0.15) is 23.7 Å². The van der Waals surface area contributed by atoms with E-state index in [2.05, 4.69) is 20.0 Å². The zero-order valence-corrected chi connectivity index (χ0v) is 17.5. The normalized spacial score (nSPS) is 20.8. The Bertz CT molecular complexity index is 1180. The van der Waals surface area contributed by atoms with Crippen LogP contribution in [0.15, 0.2) is 24.7 Å². The van der Waals surface area contributed by atoms with E-state index in [0.29, 0.717) is 18.9 Å². The lowest BCUT2D eigenvalue weighted by molar-refractivity contribution is -0.141. The van der Waals surface area contributed by atoms with E-state index in [1.807, 2.05) is 9.58 Å². The first-order valence-corrected chi connectivity index (χ1v) is 10.6. The number of alkyl halides is 3. The molecule has 8 nitrogen and oxygen atoms in total. The van der Waals surface area contributed by atoms with Gasteiger partial charge in [-0.1, -0.05) is 0 Å². The van der Waals surface area contributed by atoms with Crippen molar-refractivity contribution in [1.29, 1.82) is 0 Å². The van der Waals surface area contributed by atoms with Crippen molar-refractivity contribution >= 4 is 22.7 Å². The monoisotopic (exact) mass is 445 g/mol. The molecule has 0 aliphatic carbocycles. The Morgan fingerprint density at radius 2 is 1.84 bits per heavy atom. The van der Waals surface area contributed by atoms with E-state index in [4.69, 9.17) is 9.72 Å². The number of hydrogen-bond acceptors (Lipinski definition) is 7. The topological polar surface area (TPSA) is 72.2 Å². The molecule has 3 fully saturated rings. The quantitative estimate of drug-likeness (QED) is 0.614. The largest absolute Gasteiger partial charge is 0.433 e. The number of ether oxygens (including phenoxy) is 1. The molecule has 32 heavy (non-hydrogen) atoms. The number of hydrogen-bond donors (Lipinski definition) is 0. The van der Waals surface area contributed by atoms with Crippen LogP contribution in [0.25, 0.3) is 11.2 Å². The van der Waals surface area contributed by atoms with Gasteiger partial charge in [-0.25, -0.2) is 14.6 Å². The number of halogens is 3. The molecule has 0 radical (unpaired) electrons. The van der Waals surface area contributed by atoms with Crippen LogP contribution in [-0.4, -0.2) is 64.1 Å². The molecule has 0 bridgehead atoms. The third kappa shape index (κ3) is 3.09. The first-order valence-electron chi connectivity index (χ1n) is 10.6. The van der Waals surface area contributed by atoms with Crippen molar-refractivity contribution in [3.8, 4) is 0 Å². The van der Waals surface area contributed by atoms with Crippen LogP contribution in [0.2, 0.25) is 0 Å². The third-order valence-corrected chi connectivity index (χ3v) is 6.78. The van der Waals surface area contributed by atoms with Crippen LogP contribution in [0.4, 0.5) is 24.7 Å². The Morgan fingerprint density at radius 1 is 1.06 bits per heavy atom.